The number of para-hydroxylation sites is 1. The highest BCUT2D eigenvalue weighted by molar-refractivity contribution is 6.26. The van der Waals surface area contributed by atoms with Crippen molar-refractivity contribution in [2.24, 2.45) is 21.8 Å². The van der Waals surface area contributed by atoms with E-state index < -0.39 is 5.12 Å². The third-order valence-corrected chi connectivity index (χ3v) is 7.22. The second-order valence-electron chi connectivity index (χ2n) is 8.81. The fraction of sp³-hybridized carbons (Fsp3) is 0.286. The van der Waals surface area contributed by atoms with E-state index in [1.807, 2.05) is 18.2 Å². The van der Waals surface area contributed by atoms with Crippen LogP contribution in [0.4, 0.5) is 0 Å². The van der Waals surface area contributed by atoms with E-state index in [0.29, 0.717) is 24.3 Å². The Bertz CT molecular complexity index is 1140. The fourth-order valence-corrected chi connectivity index (χ4v) is 5.08. The summed E-state index contributed by atoms with van der Waals surface area (Å²) in [6.07, 6.45) is 23.9. The van der Waals surface area contributed by atoms with Crippen molar-refractivity contribution < 1.29 is 4.74 Å². The highest BCUT2D eigenvalue weighted by Crippen LogP contribution is 2.45. The number of alkyl halides is 1. The zero-order valence-corrected chi connectivity index (χ0v) is 19.3. The second kappa shape index (κ2) is 9.40. The molecule has 3 aliphatic carbocycles. The van der Waals surface area contributed by atoms with Gasteiger partial charge in [-0.1, -0.05) is 78.4 Å². The standard InChI is InChI=1S/C28H28ClN3O/c1-30-28(29,23-11-7-10-22(17-23)21-8-3-2-4-9-21)32-19-31-18-20-14-15-25-24-12-5-6-13-26(24)33-27(25)16-20/h2-8,10-14,16,19,21-22,25H,1,9,15,17-18H2,(H,31,32). The topological polar surface area (TPSA) is 46.0 Å². The van der Waals surface area contributed by atoms with Gasteiger partial charge in [-0.3, -0.25) is 9.98 Å². The van der Waals surface area contributed by atoms with Crippen LogP contribution in [0, 0.1) is 11.8 Å². The van der Waals surface area contributed by atoms with Crippen molar-refractivity contribution in [1.82, 2.24) is 5.32 Å². The summed E-state index contributed by atoms with van der Waals surface area (Å²) in [4.78, 5) is 8.76. The van der Waals surface area contributed by atoms with E-state index in [2.05, 4.69) is 82.8 Å². The normalized spacial score (nSPS) is 27.1. The highest BCUT2D eigenvalue weighted by atomic mass is 35.5. The lowest BCUT2D eigenvalue weighted by Gasteiger charge is -2.32. The number of aliphatic imine (C=N–C) groups is 2. The van der Waals surface area contributed by atoms with Gasteiger partial charge in [-0.25, -0.2) is 0 Å². The van der Waals surface area contributed by atoms with Crippen LogP contribution in [0.1, 0.15) is 30.7 Å². The minimum absolute atomic E-state index is 0.321. The first-order valence-electron chi connectivity index (χ1n) is 11.5. The summed E-state index contributed by atoms with van der Waals surface area (Å²) in [5.74, 6) is 3.17. The number of allylic oxidation sites excluding steroid dienone is 9. The molecule has 0 radical (unpaired) electrons. The Morgan fingerprint density at radius 3 is 2.88 bits per heavy atom. The summed E-state index contributed by atoms with van der Waals surface area (Å²) in [7, 11) is 0. The van der Waals surface area contributed by atoms with Gasteiger partial charge in [-0.05, 0) is 61.1 Å². The number of ether oxygens (including phenoxy) is 1. The second-order valence-corrected chi connectivity index (χ2v) is 9.35. The molecule has 4 aliphatic rings. The van der Waals surface area contributed by atoms with E-state index >= 15 is 0 Å². The molecule has 0 saturated heterocycles. The predicted molar refractivity (Wildman–Crippen MR) is 137 cm³/mol. The largest absolute Gasteiger partial charge is 0.461 e. The number of fused-ring (bicyclic) bond motifs is 3. The number of nitrogens with one attached hydrogen (secondary N) is 1. The van der Waals surface area contributed by atoms with Gasteiger partial charge < -0.3 is 10.1 Å². The fourth-order valence-electron chi connectivity index (χ4n) is 4.89. The number of benzene rings is 1. The van der Waals surface area contributed by atoms with Gasteiger partial charge in [0.05, 0.1) is 12.9 Å². The molecular formula is C28H28ClN3O. The molecule has 33 heavy (non-hydrogen) atoms. The molecule has 4 nitrogen and oxygen atoms in total. The van der Waals surface area contributed by atoms with Crippen molar-refractivity contribution in [3.8, 4) is 5.75 Å². The molecule has 0 amide bonds. The molecule has 1 N–H and O–H groups in total. The van der Waals surface area contributed by atoms with E-state index in [9.17, 15) is 0 Å². The zero-order chi connectivity index (χ0) is 22.7. The molecule has 0 fully saturated rings. The van der Waals surface area contributed by atoms with E-state index in [1.54, 1.807) is 6.34 Å². The Balaban J connectivity index is 1.19. The minimum atomic E-state index is -1.10. The molecule has 4 atom stereocenters. The lowest BCUT2D eigenvalue weighted by atomic mass is 9.80. The Labute approximate surface area is 200 Å². The average Bonchev–Trinajstić information content (AvgIpc) is 3.25. The molecule has 1 aromatic rings. The molecule has 4 unspecified atom stereocenters. The van der Waals surface area contributed by atoms with Gasteiger partial charge in [0.1, 0.15) is 11.5 Å². The molecular weight excluding hydrogens is 430 g/mol. The summed E-state index contributed by atoms with van der Waals surface area (Å²) < 4.78 is 6.04. The smallest absolute Gasteiger partial charge is 0.229 e. The van der Waals surface area contributed by atoms with E-state index in [-0.39, 0.29) is 0 Å². The minimum Gasteiger partial charge on any atom is -0.461 e. The summed E-state index contributed by atoms with van der Waals surface area (Å²) in [6.45, 7) is 4.29. The summed E-state index contributed by atoms with van der Waals surface area (Å²) in [5, 5.41) is 2.07. The monoisotopic (exact) mass is 457 g/mol. The molecule has 1 aliphatic heterocycles. The highest BCUT2D eigenvalue weighted by Gasteiger charge is 2.33. The Morgan fingerprint density at radius 2 is 2.03 bits per heavy atom. The number of nitrogens with zero attached hydrogens (tertiary/aromatic N) is 2. The van der Waals surface area contributed by atoms with Crippen LogP contribution in [0.5, 0.6) is 5.75 Å². The van der Waals surface area contributed by atoms with Crippen LogP contribution in [0.25, 0.3) is 0 Å². The Morgan fingerprint density at radius 1 is 1.15 bits per heavy atom. The number of hydrogen-bond acceptors (Lipinski definition) is 3. The van der Waals surface area contributed by atoms with Crippen LogP contribution >= 0.6 is 11.6 Å². The Hall–Kier alpha value is -3.11. The van der Waals surface area contributed by atoms with Crippen molar-refractivity contribution in [1.29, 1.82) is 0 Å². The summed E-state index contributed by atoms with van der Waals surface area (Å²) in [6, 6.07) is 8.25. The number of rotatable bonds is 7. The van der Waals surface area contributed by atoms with Crippen molar-refractivity contribution in [2.75, 3.05) is 6.54 Å². The number of halogens is 1. The molecule has 0 spiro atoms. The molecule has 1 aromatic carbocycles. The van der Waals surface area contributed by atoms with Gasteiger partial charge in [-0.2, -0.15) is 0 Å². The van der Waals surface area contributed by atoms with E-state index in [1.165, 1.54) is 5.56 Å². The zero-order valence-electron chi connectivity index (χ0n) is 18.5. The molecule has 5 rings (SSSR count). The van der Waals surface area contributed by atoms with Crippen LogP contribution in [0.2, 0.25) is 0 Å². The molecule has 0 bridgehead atoms. The lowest BCUT2D eigenvalue weighted by molar-refractivity contribution is 0.424. The molecule has 168 valence electrons. The van der Waals surface area contributed by atoms with Crippen LogP contribution < -0.4 is 10.1 Å². The van der Waals surface area contributed by atoms with Gasteiger partial charge in [0.2, 0.25) is 5.12 Å². The van der Waals surface area contributed by atoms with Gasteiger partial charge >= 0.3 is 0 Å². The molecule has 0 aromatic heterocycles. The summed E-state index contributed by atoms with van der Waals surface area (Å²) in [5.41, 5.74) is 3.40. The van der Waals surface area contributed by atoms with Crippen molar-refractivity contribution in [2.45, 2.75) is 30.3 Å². The maximum Gasteiger partial charge on any atom is 0.229 e. The average molecular weight is 458 g/mol. The van der Waals surface area contributed by atoms with Gasteiger partial charge in [-0.15, -0.1) is 0 Å². The molecule has 0 saturated carbocycles. The van der Waals surface area contributed by atoms with Gasteiger partial charge in [0, 0.05) is 11.5 Å². The first-order chi connectivity index (χ1) is 16.2. The van der Waals surface area contributed by atoms with Gasteiger partial charge in [0.25, 0.3) is 0 Å². The first kappa shape index (κ1) is 21.7. The van der Waals surface area contributed by atoms with Crippen LogP contribution in [0.3, 0.4) is 0 Å². The van der Waals surface area contributed by atoms with Crippen LogP contribution in [0.15, 0.2) is 106 Å². The van der Waals surface area contributed by atoms with Crippen molar-refractivity contribution in [3.63, 3.8) is 0 Å². The van der Waals surface area contributed by atoms with Crippen molar-refractivity contribution >= 4 is 24.7 Å². The Kier molecular flexibility index (Phi) is 6.19. The molecule has 5 heteroatoms. The van der Waals surface area contributed by atoms with Crippen molar-refractivity contribution in [3.05, 3.63) is 101 Å². The van der Waals surface area contributed by atoms with E-state index in [0.717, 1.165) is 41.9 Å². The quantitative estimate of drug-likeness (QED) is 0.228. The van der Waals surface area contributed by atoms with E-state index in [4.69, 9.17) is 16.3 Å². The first-order valence-corrected chi connectivity index (χ1v) is 11.9. The third-order valence-electron chi connectivity index (χ3n) is 6.75. The third kappa shape index (κ3) is 4.53. The van der Waals surface area contributed by atoms with Gasteiger partial charge in [0.15, 0.2) is 0 Å². The SMILES string of the molecule is C=NC(Cl)(N/C=N\CC1=CCC2C(=C1)Oc1ccccc12)C1=CC=CC(C2C=CC=CC2)C1. The number of hydrogen-bond donors (Lipinski definition) is 1. The van der Waals surface area contributed by atoms with Crippen LogP contribution in [-0.4, -0.2) is 24.7 Å². The maximum atomic E-state index is 6.84. The summed E-state index contributed by atoms with van der Waals surface area (Å²) >= 11 is 6.84. The maximum absolute atomic E-state index is 6.84. The van der Waals surface area contributed by atoms with Crippen LogP contribution in [-0.2, 0) is 0 Å². The molecule has 1 heterocycles. The lowest BCUT2D eigenvalue weighted by Crippen LogP contribution is -2.40. The predicted octanol–water partition coefficient (Wildman–Crippen LogP) is 6.22.